The first-order valence-corrected chi connectivity index (χ1v) is 6.06. The Kier molecular flexibility index (Phi) is 2.46. The monoisotopic (exact) mass is 288 g/mol. The van der Waals surface area contributed by atoms with Gasteiger partial charge in [0.2, 0.25) is 0 Å². The molecule has 0 radical (unpaired) electrons. The number of hydrogen-bond donors (Lipinski definition) is 0. The topological polar surface area (TPSA) is 25.8 Å². The van der Waals surface area contributed by atoms with Crippen LogP contribution in [-0.4, -0.2) is 9.97 Å². The number of benzene rings is 1. The summed E-state index contributed by atoms with van der Waals surface area (Å²) in [5, 5.41) is 0.712. The van der Waals surface area contributed by atoms with E-state index in [0.29, 0.717) is 20.3 Å². The van der Waals surface area contributed by atoms with Crippen LogP contribution in [0.15, 0.2) is 24.5 Å². The number of nitrogens with zero attached hydrogens (tertiary/aromatic N) is 2. The molecule has 3 aromatic rings. The first kappa shape index (κ1) is 11.7. The molecule has 0 saturated heterocycles. The third-order valence-electron chi connectivity index (χ3n) is 2.53. The third-order valence-corrected chi connectivity index (χ3v) is 4.10. The Balaban J connectivity index is 2.40. The van der Waals surface area contributed by atoms with Crippen LogP contribution in [0.25, 0.3) is 20.3 Å². The maximum atomic E-state index is 12.6. The van der Waals surface area contributed by atoms with Crippen molar-refractivity contribution in [2.45, 2.75) is 6.18 Å². The molecule has 92 valence electrons. The Bertz CT molecular complexity index is 751. The van der Waals surface area contributed by atoms with Crippen LogP contribution in [0.3, 0.4) is 0 Å². The van der Waals surface area contributed by atoms with Crippen LogP contribution in [0.2, 0.25) is 5.15 Å². The van der Waals surface area contributed by atoms with Crippen molar-refractivity contribution in [3.8, 4) is 0 Å². The van der Waals surface area contributed by atoms with Gasteiger partial charge in [-0.2, -0.15) is 13.2 Å². The van der Waals surface area contributed by atoms with Crippen molar-refractivity contribution in [1.29, 1.82) is 0 Å². The van der Waals surface area contributed by atoms with Gasteiger partial charge in [0.25, 0.3) is 0 Å². The second-order valence-corrected chi connectivity index (χ2v) is 5.06. The lowest BCUT2D eigenvalue weighted by Crippen LogP contribution is -2.03. The number of hydrogen-bond acceptors (Lipinski definition) is 3. The van der Waals surface area contributed by atoms with E-state index in [1.165, 1.54) is 23.7 Å². The second kappa shape index (κ2) is 3.80. The molecular formula is C11H4ClF3N2S. The van der Waals surface area contributed by atoms with Crippen molar-refractivity contribution < 1.29 is 13.2 Å². The molecule has 0 fully saturated rings. The van der Waals surface area contributed by atoms with Crippen molar-refractivity contribution >= 4 is 43.2 Å². The maximum Gasteiger partial charge on any atom is 0.416 e. The Labute approximate surface area is 108 Å². The third kappa shape index (κ3) is 1.72. The Morgan fingerprint density at radius 1 is 1.17 bits per heavy atom. The molecule has 1 aromatic carbocycles. The van der Waals surface area contributed by atoms with Crippen LogP contribution in [0, 0.1) is 0 Å². The zero-order valence-corrected chi connectivity index (χ0v) is 10.2. The largest absolute Gasteiger partial charge is 0.416 e. The summed E-state index contributed by atoms with van der Waals surface area (Å²) in [5.74, 6) is 0. The molecule has 3 rings (SSSR count). The minimum atomic E-state index is -4.36. The van der Waals surface area contributed by atoms with Crippen LogP contribution < -0.4 is 0 Å². The number of fused-ring (bicyclic) bond motifs is 3. The van der Waals surface area contributed by atoms with Gasteiger partial charge in [-0.05, 0) is 18.2 Å². The molecular weight excluding hydrogens is 285 g/mol. The van der Waals surface area contributed by atoms with Crippen LogP contribution in [0.1, 0.15) is 5.56 Å². The summed E-state index contributed by atoms with van der Waals surface area (Å²) in [6.07, 6.45) is -3.11. The standard InChI is InChI=1S/C11H4ClF3N2S/c12-10-9-8(16-4-17-10)6-3-5(11(13,14)15)1-2-7(6)18-9/h1-4H. The summed E-state index contributed by atoms with van der Waals surface area (Å²) in [6.45, 7) is 0. The number of thiophene rings is 1. The van der Waals surface area contributed by atoms with Gasteiger partial charge in [0.1, 0.15) is 11.5 Å². The average molecular weight is 289 g/mol. The van der Waals surface area contributed by atoms with Crippen molar-refractivity contribution in [2.24, 2.45) is 0 Å². The number of aromatic nitrogens is 2. The minimum Gasteiger partial charge on any atom is -0.235 e. The molecule has 0 N–H and O–H groups in total. The number of rotatable bonds is 0. The lowest BCUT2D eigenvalue weighted by atomic mass is 10.1. The number of alkyl halides is 3. The van der Waals surface area contributed by atoms with Gasteiger partial charge in [-0.25, -0.2) is 9.97 Å². The summed E-state index contributed by atoms with van der Waals surface area (Å²) in [6, 6.07) is 3.58. The summed E-state index contributed by atoms with van der Waals surface area (Å²) in [4.78, 5) is 7.82. The average Bonchev–Trinajstić information content (AvgIpc) is 2.67. The molecule has 0 aliphatic rings. The quantitative estimate of drug-likeness (QED) is 0.569. The fourth-order valence-electron chi connectivity index (χ4n) is 1.72. The molecule has 2 nitrogen and oxygen atoms in total. The molecule has 0 unspecified atom stereocenters. The van der Waals surface area contributed by atoms with Gasteiger partial charge >= 0.3 is 6.18 Å². The van der Waals surface area contributed by atoms with E-state index in [-0.39, 0.29) is 5.15 Å². The highest BCUT2D eigenvalue weighted by molar-refractivity contribution is 7.26. The maximum absolute atomic E-state index is 12.6. The Morgan fingerprint density at radius 3 is 2.67 bits per heavy atom. The summed E-state index contributed by atoms with van der Waals surface area (Å²) >= 11 is 7.18. The zero-order valence-electron chi connectivity index (χ0n) is 8.62. The molecule has 7 heteroatoms. The van der Waals surface area contributed by atoms with Gasteiger partial charge in [0.15, 0.2) is 0 Å². The van der Waals surface area contributed by atoms with E-state index in [2.05, 4.69) is 9.97 Å². The summed E-state index contributed by atoms with van der Waals surface area (Å²) < 4.78 is 39.3. The van der Waals surface area contributed by atoms with E-state index in [1.807, 2.05) is 0 Å². The van der Waals surface area contributed by atoms with Gasteiger partial charge in [-0.15, -0.1) is 11.3 Å². The van der Waals surface area contributed by atoms with E-state index in [9.17, 15) is 13.2 Å². The van der Waals surface area contributed by atoms with Crippen molar-refractivity contribution in [2.75, 3.05) is 0 Å². The van der Waals surface area contributed by atoms with Crippen molar-refractivity contribution in [1.82, 2.24) is 9.97 Å². The first-order valence-electron chi connectivity index (χ1n) is 4.87. The van der Waals surface area contributed by atoms with Crippen LogP contribution in [-0.2, 0) is 6.18 Å². The predicted molar refractivity (Wildman–Crippen MR) is 64.9 cm³/mol. The lowest BCUT2D eigenvalue weighted by molar-refractivity contribution is -0.137. The van der Waals surface area contributed by atoms with Crippen LogP contribution >= 0.6 is 22.9 Å². The van der Waals surface area contributed by atoms with Gasteiger partial charge in [0, 0.05) is 10.1 Å². The minimum absolute atomic E-state index is 0.259. The van der Waals surface area contributed by atoms with Gasteiger partial charge in [-0.1, -0.05) is 11.6 Å². The normalized spacial score (nSPS) is 12.4. The molecule has 0 aliphatic carbocycles. The fraction of sp³-hybridized carbons (Fsp3) is 0.0909. The molecule has 0 bridgehead atoms. The van der Waals surface area contributed by atoms with E-state index in [4.69, 9.17) is 11.6 Å². The number of halogens is 4. The molecule has 2 heterocycles. The molecule has 0 saturated carbocycles. The fourth-order valence-corrected chi connectivity index (χ4v) is 2.99. The van der Waals surface area contributed by atoms with Gasteiger partial charge in [0.05, 0.1) is 15.8 Å². The van der Waals surface area contributed by atoms with Crippen LogP contribution in [0.5, 0.6) is 0 Å². The highest BCUT2D eigenvalue weighted by Crippen LogP contribution is 2.38. The molecule has 0 amide bonds. The molecule has 18 heavy (non-hydrogen) atoms. The van der Waals surface area contributed by atoms with Crippen LogP contribution in [0.4, 0.5) is 13.2 Å². The Morgan fingerprint density at radius 2 is 1.94 bits per heavy atom. The lowest BCUT2D eigenvalue weighted by Gasteiger charge is -2.05. The Hall–Kier alpha value is -1.40. The highest BCUT2D eigenvalue weighted by Gasteiger charge is 2.30. The summed E-state index contributed by atoms with van der Waals surface area (Å²) in [7, 11) is 0. The van der Waals surface area contributed by atoms with E-state index in [1.54, 1.807) is 0 Å². The van der Waals surface area contributed by atoms with Crippen molar-refractivity contribution in [3.63, 3.8) is 0 Å². The molecule has 2 aromatic heterocycles. The smallest absolute Gasteiger partial charge is 0.235 e. The zero-order chi connectivity index (χ0) is 12.9. The predicted octanol–water partition coefficient (Wildman–Crippen LogP) is 4.52. The van der Waals surface area contributed by atoms with E-state index >= 15 is 0 Å². The van der Waals surface area contributed by atoms with E-state index in [0.717, 1.165) is 12.1 Å². The van der Waals surface area contributed by atoms with Gasteiger partial charge in [-0.3, -0.25) is 0 Å². The molecule has 0 aliphatic heterocycles. The van der Waals surface area contributed by atoms with Gasteiger partial charge < -0.3 is 0 Å². The van der Waals surface area contributed by atoms with Crippen molar-refractivity contribution in [3.05, 3.63) is 35.2 Å². The molecule has 0 atom stereocenters. The summed E-state index contributed by atoms with van der Waals surface area (Å²) in [5.41, 5.74) is -0.231. The molecule has 0 spiro atoms. The van der Waals surface area contributed by atoms with E-state index < -0.39 is 11.7 Å². The SMILES string of the molecule is FC(F)(F)c1ccc2sc3c(Cl)ncnc3c2c1. The first-order chi connectivity index (χ1) is 8.47. The second-order valence-electron chi connectivity index (χ2n) is 3.65. The highest BCUT2D eigenvalue weighted by atomic mass is 35.5.